The molecule has 0 heterocycles. The molecule has 0 spiro atoms. The first-order valence-electron chi connectivity index (χ1n) is 6.82. The highest BCUT2D eigenvalue weighted by Gasteiger charge is 2.15. The van der Waals surface area contributed by atoms with Gasteiger partial charge in [0.1, 0.15) is 5.75 Å². The molecule has 0 aliphatic rings. The first-order valence-corrected chi connectivity index (χ1v) is 6.82. The lowest BCUT2D eigenvalue weighted by Crippen LogP contribution is -2.33. The Morgan fingerprint density at radius 2 is 1.76 bits per heavy atom. The summed E-state index contributed by atoms with van der Waals surface area (Å²) < 4.78 is 5.09. The molecule has 0 bridgehead atoms. The van der Waals surface area contributed by atoms with Crippen molar-refractivity contribution in [3.63, 3.8) is 0 Å². The first-order chi connectivity index (χ1) is 10.2. The van der Waals surface area contributed by atoms with Crippen molar-refractivity contribution in [1.82, 2.24) is 4.90 Å². The molecule has 4 nitrogen and oxygen atoms in total. The molecule has 21 heavy (non-hydrogen) atoms. The Morgan fingerprint density at radius 3 is 2.33 bits per heavy atom. The molecule has 0 aliphatic heterocycles. The van der Waals surface area contributed by atoms with E-state index in [2.05, 4.69) is 0 Å². The number of methoxy groups -OCH3 is 1. The van der Waals surface area contributed by atoms with E-state index in [0.717, 1.165) is 5.56 Å². The van der Waals surface area contributed by atoms with Crippen molar-refractivity contribution in [1.29, 1.82) is 0 Å². The summed E-state index contributed by atoms with van der Waals surface area (Å²) in [6.07, 6.45) is 0. The third-order valence-electron chi connectivity index (χ3n) is 3.21. The van der Waals surface area contributed by atoms with Crippen LogP contribution in [0.2, 0.25) is 0 Å². The molecular weight excluding hydrogens is 266 g/mol. The van der Waals surface area contributed by atoms with Gasteiger partial charge >= 0.3 is 0 Å². The smallest absolute Gasteiger partial charge is 0.254 e. The minimum atomic E-state index is -0.101. The van der Waals surface area contributed by atoms with E-state index in [-0.39, 0.29) is 12.5 Å². The molecule has 0 fully saturated rings. The Labute approximate surface area is 124 Å². The summed E-state index contributed by atoms with van der Waals surface area (Å²) in [5, 5.41) is 9.18. The zero-order valence-electron chi connectivity index (χ0n) is 12.0. The van der Waals surface area contributed by atoms with Crippen LogP contribution >= 0.6 is 0 Å². The van der Waals surface area contributed by atoms with Gasteiger partial charge in [0, 0.05) is 18.7 Å². The number of aliphatic hydroxyl groups excluding tert-OH is 1. The molecule has 1 amide bonds. The topological polar surface area (TPSA) is 49.8 Å². The predicted molar refractivity (Wildman–Crippen MR) is 81.3 cm³/mol. The molecule has 0 unspecified atom stereocenters. The van der Waals surface area contributed by atoms with Crippen molar-refractivity contribution in [2.75, 3.05) is 20.3 Å². The quantitative estimate of drug-likeness (QED) is 0.886. The third-order valence-corrected chi connectivity index (χ3v) is 3.21. The van der Waals surface area contributed by atoms with Gasteiger partial charge in [0.2, 0.25) is 0 Å². The molecule has 110 valence electrons. The van der Waals surface area contributed by atoms with Crippen LogP contribution in [0.15, 0.2) is 54.6 Å². The summed E-state index contributed by atoms with van der Waals surface area (Å²) in [5.41, 5.74) is 1.62. The van der Waals surface area contributed by atoms with Gasteiger partial charge in [-0.2, -0.15) is 0 Å². The fourth-order valence-corrected chi connectivity index (χ4v) is 2.09. The lowest BCUT2D eigenvalue weighted by molar-refractivity contribution is 0.0708. The largest absolute Gasteiger partial charge is 0.497 e. The highest BCUT2D eigenvalue weighted by molar-refractivity contribution is 5.94. The Bertz CT molecular complexity index is 566. The Hall–Kier alpha value is -2.33. The van der Waals surface area contributed by atoms with Crippen LogP contribution in [0.25, 0.3) is 0 Å². The molecule has 0 aliphatic carbocycles. The summed E-state index contributed by atoms with van der Waals surface area (Å²) in [6.45, 7) is 0.723. The Kier molecular flexibility index (Phi) is 5.35. The maximum Gasteiger partial charge on any atom is 0.254 e. The van der Waals surface area contributed by atoms with Crippen LogP contribution < -0.4 is 4.74 Å². The number of benzene rings is 2. The predicted octanol–water partition coefficient (Wildman–Crippen LogP) is 2.33. The molecular formula is C17H19NO3. The number of carbonyl (C=O) groups excluding carboxylic acids is 1. The zero-order valence-corrected chi connectivity index (χ0v) is 12.0. The minimum absolute atomic E-state index is 0.0608. The van der Waals surface area contributed by atoms with Gasteiger partial charge in [0.25, 0.3) is 5.91 Å². The fourth-order valence-electron chi connectivity index (χ4n) is 2.09. The van der Waals surface area contributed by atoms with E-state index in [1.54, 1.807) is 36.3 Å². The van der Waals surface area contributed by atoms with Gasteiger partial charge in [0.05, 0.1) is 13.7 Å². The van der Waals surface area contributed by atoms with E-state index >= 15 is 0 Å². The standard InChI is InChI=1S/C17H19NO3/c1-21-16-9-7-15(8-10-16)17(20)18(11-12-19)13-14-5-3-2-4-6-14/h2-10,19H,11-13H2,1H3. The third kappa shape index (κ3) is 4.07. The summed E-state index contributed by atoms with van der Waals surface area (Å²) in [5.74, 6) is 0.610. The minimum Gasteiger partial charge on any atom is -0.497 e. The second-order valence-electron chi connectivity index (χ2n) is 4.66. The normalized spacial score (nSPS) is 10.2. The van der Waals surface area contributed by atoms with Gasteiger partial charge in [-0.15, -0.1) is 0 Å². The second kappa shape index (κ2) is 7.45. The lowest BCUT2D eigenvalue weighted by Gasteiger charge is -2.22. The molecule has 1 N–H and O–H groups in total. The maximum absolute atomic E-state index is 12.5. The average Bonchev–Trinajstić information content (AvgIpc) is 2.55. The Morgan fingerprint density at radius 1 is 1.10 bits per heavy atom. The van der Waals surface area contributed by atoms with Crippen LogP contribution in [0.3, 0.4) is 0 Å². The van der Waals surface area contributed by atoms with Gasteiger partial charge < -0.3 is 14.7 Å². The molecule has 0 saturated carbocycles. The van der Waals surface area contributed by atoms with Crippen LogP contribution in [-0.2, 0) is 6.54 Å². The highest BCUT2D eigenvalue weighted by Crippen LogP contribution is 2.14. The number of nitrogens with zero attached hydrogens (tertiary/aromatic N) is 1. The molecule has 2 aromatic carbocycles. The van der Waals surface area contributed by atoms with Crippen LogP contribution in [0, 0.1) is 0 Å². The monoisotopic (exact) mass is 285 g/mol. The number of ether oxygens (including phenoxy) is 1. The number of amides is 1. The van der Waals surface area contributed by atoms with Crippen molar-refractivity contribution in [3.05, 3.63) is 65.7 Å². The van der Waals surface area contributed by atoms with Crippen molar-refractivity contribution in [2.24, 2.45) is 0 Å². The SMILES string of the molecule is COc1ccc(C(=O)N(CCO)Cc2ccccc2)cc1. The number of carbonyl (C=O) groups is 1. The summed E-state index contributed by atoms with van der Waals surface area (Å²) in [7, 11) is 1.59. The van der Waals surface area contributed by atoms with E-state index in [1.807, 2.05) is 30.3 Å². The Balaban J connectivity index is 2.14. The lowest BCUT2D eigenvalue weighted by atomic mass is 10.1. The van der Waals surface area contributed by atoms with Crippen LogP contribution in [0.1, 0.15) is 15.9 Å². The van der Waals surface area contributed by atoms with E-state index in [9.17, 15) is 9.90 Å². The molecule has 2 aromatic rings. The highest BCUT2D eigenvalue weighted by atomic mass is 16.5. The van der Waals surface area contributed by atoms with E-state index in [1.165, 1.54) is 0 Å². The van der Waals surface area contributed by atoms with Crippen LogP contribution in [0.5, 0.6) is 5.75 Å². The van der Waals surface area contributed by atoms with Gasteiger partial charge in [-0.3, -0.25) is 4.79 Å². The number of hydrogen-bond donors (Lipinski definition) is 1. The van der Waals surface area contributed by atoms with E-state index in [4.69, 9.17) is 4.74 Å². The van der Waals surface area contributed by atoms with E-state index in [0.29, 0.717) is 24.4 Å². The fraction of sp³-hybridized carbons (Fsp3) is 0.235. The van der Waals surface area contributed by atoms with Gasteiger partial charge in [0.15, 0.2) is 0 Å². The number of rotatable bonds is 6. The van der Waals surface area contributed by atoms with Crippen molar-refractivity contribution in [3.8, 4) is 5.75 Å². The molecule has 0 aromatic heterocycles. The van der Waals surface area contributed by atoms with Crippen molar-refractivity contribution in [2.45, 2.75) is 6.54 Å². The van der Waals surface area contributed by atoms with Gasteiger partial charge in [-0.1, -0.05) is 30.3 Å². The maximum atomic E-state index is 12.5. The molecule has 0 atom stereocenters. The molecule has 0 saturated heterocycles. The summed E-state index contributed by atoms with van der Waals surface area (Å²) >= 11 is 0. The molecule has 2 rings (SSSR count). The zero-order chi connectivity index (χ0) is 15.1. The molecule has 4 heteroatoms. The van der Waals surface area contributed by atoms with Crippen molar-refractivity contribution >= 4 is 5.91 Å². The molecule has 0 radical (unpaired) electrons. The van der Waals surface area contributed by atoms with E-state index < -0.39 is 0 Å². The summed E-state index contributed by atoms with van der Waals surface area (Å²) in [6, 6.07) is 16.7. The first kappa shape index (κ1) is 15.1. The van der Waals surface area contributed by atoms with Crippen LogP contribution in [0.4, 0.5) is 0 Å². The van der Waals surface area contributed by atoms with Crippen LogP contribution in [-0.4, -0.2) is 36.2 Å². The number of hydrogen-bond acceptors (Lipinski definition) is 3. The average molecular weight is 285 g/mol. The number of aliphatic hydroxyl groups is 1. The van der Waals surface area contributed by atoms with Crippen molar-refractivity contribution < 1.29 is 14.6 Å². The van der Waals surface area contributed by atoms with Gasteiger partial charge in [-0.05, 0) is 29.8 Å². The van der Waals surface area contributed by atoms with Gasteiger partial charge in [-0.25, -0.2) is 0 Å². The second-order valence-corrected chi connectivity index (χ2v) is 4.66. The summed E-state index contributed by atoms with van der Waals surface area (Å²) in [4.78, 5) is 14.1.